The Morgan fingerprint density at radius 3 is 1.27 bits per heavy atom. The van der Waals surface area contributed by atoms with Gasteiger partial charge < -0.3 is 0 Å². The summed E-state index contributed by atoms with van der Waals surface area (Å²) in [5.74, 6) is 0. The van der Waals surface area contributed by atoms with E-state index in [0.717, 1.165) is 18.5 Å². The minimum atomic E-state index is -2.76. The van der Waals surface area contributed by atoms with Gasteiger partial charge >= 0.3 is 69.9 Å². The number of rotatable bonds is 4. The van der Waals surface area contributed by atoms with Crippen LogP contribution in [0, 0.1) is 0 Å². The van der Waals surface area contributed by atoms with E-state index in [9.17, 15) is 4.20 Å². The van der Waals surface area contributed by atoms with E-state index in [-0.39, 0.29) is 5.66 Å². The van der Waals surface area contributed by atoms with Crippen molar-refractivity contribution in [1.29, 1.82) is 0 Å². The molecule has 0 heterocycles. The molecule has 0 amide bonds. The van der Waals surface area contributed by atoms with Crippen LogP contribution in [0.2, 0.25) is 0 Å². The zero-order chi connectivity index (χ0) is 9.15. The third kappa shape index (κ3) is 1.75. The van der Waals surface area contributed by atoms with Gasteiger partial charge in [-0.05, 0) is 0 Å². The van der Waals surface area contributed by atoms with Gasteiger partial charge in [0.15, 0.2) is 0 Å². The predicted octanol–water partition coefficient (Wildman–Crippen LogP) is 3.89. The van der Waals surface area contributed by atoms with Crippen molar-refractivity contribution < 1.29 is 4.20 Å². The van der Waals surface area contributed by atoms with Crippen LogP contribution in [0.25, 0.3) is 0 Å². The summed E-state index contributed by atoms with van der Waals surface area (Å²) in [5, 5.41) is 0. The Morgan fingerprint density at radius 1 is 1.00 bits per heavy atom. The van der Waals surface area contributed by atoms with Crippen molar-refractivity contribution in [3.63, 3.8) is 0 Å². The van der Waals surface area contributed by atoms with E-state index < -0.39 is 6.91 Å². The Balaban J connectivity index is 4.74. The molecule has 70 valence electrons. The SMILES string of the molecule is CCP(F)(CC)(CC)C(C)C. The molecule has 0 rings (SSSR count). The van der Waals surface area contributed by atoms with Crippen molar-refractivity contribution in [3.05, 3.63) is 0 Å². The first-order chi connectivity index (χ1) is 4.93. The first kappa shape index (κ1) is 11.4. The van der Waals surface area contributed by atoms with Crippen LogP contribution in [0.15, 0.2) is 0 Å². The Hall–Kier alpha value is 0.360. The zero-order valence-electron chi connectivity index (χ0n) is 8.52. The molecule has 0 nitrogen and oxygen atoms in total. The van der Waals surface area contributed by atoms with Gasteiger partial charge in [0.1, 0.15) is 0 Å². The van der Waals surface area contributed by atoms with E-state index >= 15 is 0 Å². The Kier molecular flexibility index (Phi) is 3.50. The maximum absolute atomic E-state index is 14.6. The summed E-state index contributed by atoms with van der Waals surface area (Å²) >= 11 is 0. The van der Waals surface area contributed by atoms with Gasteiger partial charge in [-0.1, -0.05) is 0 Å². The molecule has 0 bridgehead atoms. The summed E-state index contributed by atoms with van der Waals surface area (Å²) in [5.41, 5.74) is 0.251. The van der Waals surface area contributed by atoms with Crippen LogP contribution in [0.5, 0.6) is 0 Å². The fraction of sp³-hybridized carbons (Fsp3) is 1.00. The molecule has 0 aromatic heterocycles. The molecule has 2 heteroatoms. The molecule has 0 saturated heterocycles. The van der Waals surface area contributed by atoms with Crippen LogP contribution in [-0.4, -0.2) is 24.1 Å². The van der Waals surface area contributed by atoms with Crippen LogP contribution < -0.4 is 0 Å². The monoisotopic (exact) mass is 180 g/mol. The summed E-state index contributed by atoms with van der Waals surface area (Å²) in [4.78, 5) is 0. The molecule has 0 aliphatic rings. The second-order valence-corrected chi connectivity index (χ2v) is 10.00. The van der Waals surface area contributed by atoms with Gasteiger partial charge in [0.25, 0.3) is 0 Å². The van der Waals surface area contributed by atoms with Crippen molar-refractivity contribution in [3.8, 4) is 0 Å². The summed E-state index contributed by atoms with van der Waals surface area (Å²) in [7, 11) is 0. The summed E-state index contributed by atoms with van der Waals surface area (Å²) in [6.07, 6.45) is 2.28. The van der Waals surface area contributed by atoms with Crippen LogP contribution in [0.1, 0.15) is 34.6 Å². The molecule has 0 N–H and O–H groups in total. The van der Waals surface area contributed by atoms with Gasteiger partial charge in [-0.15, -0.1) is 0 Å². The molecule has 0 fully saturated rings. The normalized spacial score (nSPS) is 16.5. The standard InChI is InChI=1S/C9H22FP/c1-6-11(10,7-2,8-3)9(4)5/h9H,6-8H2,1-5H3. The van der Waals surface area contributed by atoms with Gasteiger partial charge in [0.2, 0.25) is 0 Å². The van der Waals surface area contributed by atoms with Crippen LogP contribution >= 0.6 is 6.91 Å². The molecular formula is C9H22FP. The minimum absolute atomic E-state index is 0.251. The fourth-order valence-corrected chi connectivity index (χ4v) is 5.30. The molecular weight excluding hydrogens is 158 g/mol. The van der Waals surface area contributed by atoms with Gasteiger partial charge in [0.05, 0.1) is 0 Å². The molecule has 0 saturated carbocycles. The van der Waals surface area contributed by atoms with Crippen molar-refractivity contribution in [2.45, 2.75) is 40.3 Å². The average Bonchev–Trinajstić information content (AvgIpc) is 2.03. The molecule has 0 aliphatic carbocycles. The second kappa shape index (κ2) is 3.39. The van der Waals surface area contributed by atoms with Crippen molar-refractivity contribution in [1.82, 2.24) is 0 Å². The fourth-order valence-electron chi connectivity index (χ4n) is 1.77. The summed E-state index contributed by atoms with van der Waals surface area (Å²) in [6, 6.07) is 0. The van der Waals surface area contributed by atoms with Crippen molar-refractivity contribution in [2.24, 2.45) is 0 Å². The van der Waals surface area contributed by atoms with Gasteiger partial charge in [-0.2, -0.15) is 0 Å². The zero-order valence-corrected chi connectivity index (χ0v) is 9.42. The molecule has 0 spiro atoms. The van der Waals surface area contributed by atoms with Crippen LogP contribution in [-0.2, 0) is 0 Å². The number of hydrogen-bond acceptors (Lipinski definition) is 0. The predicted molar refractivity (Wildman–Crippen MR) is 54.8 cm³/mol. The summed E-state index contributed by atoms with van der Waals surface area (Å²) in [6.45, 7) is 7.32. The van der Waals surface area contributed by atoms with Gasteiger partial charge in [0, 0.05) is 0 Å². The number of hydrogen-bond donors (Lipinski definition) is 0. The first-order valence-corrected chi connectivity index (χ1v) is 7.40. The topological polar surface area (TPSA) is 0 Å². The Morgan fingerprint density at radius 2 is 1.27 bits per heavy atom. The van der Waals surface area contributed by atoms with E-state index in [1.807, 2.05) is 34.6 Å². The van der Waals surface area contributed by atoms with E-state index in [2.05, 4.69) is 0 Å². The van der Waals surface area contributed by atoms with E-state index in [0.29, 0.717) is 0 Å². The molecule has 0 aromatic carbocycles. The second-order valence-electron chi connectivity index (χ2n) is 3.72. The van der Waals surface area contributed by atoms with Crippen LogP contribution in [0.4, 0.5) is 4.20 Å². The quantitative estimate of drug-likeness (QED) is 0.576. The van der Waals surface area contributed by atoms with Crippen LogP contribution in [0.3, 0.4) is 0 Å². The van der Waals surface area contributed by atoms with Crippen molar-refractivity contribution in [2.75, 3.05) is 18.5 Å². The Labute approximate surface area is 70.6 Å². The van der Waals surface area contributed by atoms with E-state index in [1.54, 1.807) is 0 Å². The van der Waals surface area contributed by atoms with Gasteiger partial charge in [-0.3, -0.25) is 0 Å². The Bertz CT molecular complexity index is 117. The third-order valence-corrected chi connectivity index (χ3v) is 10.6. The average molecular weight is 180 g/mol. The molecule has 11 heavy (non-hydrogen) atoms. The van der Waals surface area contributed by atoms with E-state index in [4.69, 9.17) is 0 Å². The maximum atomic E-state index is 14.6. The van der Waals surface area contributed by atoms with E-state index in [1.165, 1.54) is 0 Å². The molecule has 0 aliphatic heterocycles. The number of halogens is 1. The third-order valence-electron chi connectivity index (χ3n) is 3.54. The van der Waals surface area contributed by atoms with Gasteiger partial charge in [-0.25, -0.2) is 0 Å². The first-order valence-electron chi connectivity index (χ1n) is 4.65. The van der Waals surface area contributed by atoms with Crippen molar-refractivity contribution >= 4 is 6.91 Å². The molecule has 0 unspecified atom stereocenters. The molecule has 0 atom stereocenters. The molecule has 0 aromatic rings. The summed E-state index contributed by atoms with van der Waals surface area (Å²) < 4.78 is 14.6. The molecule has 0 radical (unpaired) electrons.